The molecule has 2 aromatic carbocycles. The molecule has 1 saturated carbocycles. The average Bonchev–Trinajstić information content (AvgIpc) is 3.44. The molecule has 0 N–H and O–H groups in total. The van der Waals surface area contributed by atoms with Crippen molar-refractivity contribution < 1.29 is 9.53 Å². The molecule has 0 bridgehead atoms. The van der Waals surface area contributed by atoms with Crippen molar-refractivity contribution in [3.05, 3.63) is 83.9 Å². The summed E-state index contributed by atoms with van der Waals surface area (Å²) in [4.78, 5) is 15.9. The highest BCUT2D eigenvalue weighted by atomic mass is 32.2. The number of nitrogens with zero attached hydrogens (tertiary/aromatic N) is 3. The number of carbonyl (C=O) groups is 1. The summed E-state index contributed by atoms with van der Waals surface area (Å²) in [6, 6.07) is 18.0. The van der Waals surface area contributed by atoms with Gasteiger partial charge in [0.2, 0.25) is 0 Å². The first kappa shape index (κ1) is 23.6. The van der Waals surface area contributed by atoms with Gasteiger partial charge in [-0.05, 0) is 55.3 Å². The Labute approximate surface area is 215 Å². The van der Waals surface area contributed by atoms with Gasteiger partial charge >= 0.3 is 0 Å². The van der Waals surface area contributed by atoms with Gasteiger partial charge in [-0.25, -0.2) is 4.68 Å². The number of carbonyl (C=O) groups excluding carboxylic acids is 1. The second kappa shape index (κ2) is 10.6. The third kappa shape index (κ3) is 5.11. The summed E-state index contributed by atoms with van der Waals surface area (Å²) in [5.74, 6) is 0.782. The lowest BCUT2D eigenvalue weighted by atomic mass is 9.94. The zero-order valence-corrected chi connectivity index (χ0v) is 21.1. The van der Waals surface area contributed by atoms with E-state index in [2.05, 4.69) is 6.58 Å². The molecule has 1 aromatic heterocycles. The average molecular weight is 502 g/mol. The van der Waals surface area contributed by atoms with Gasteiger partial charge in [0.1, 0.15) is 16.7 Å². The molecular formula is C28H27N3O2S2. The van der Waals surface area contributed by atoms with E-state index in [1.54, 1.807) is 6.08 Å². The number of thiocarbonyl (C=S) groups is 1. The Morgan fingerprint density at radius 2 is 1.83 bits per heavy atom. The van der Waals surface area contributed by atoms with Crippen LogP contribution in [0.4, 0.5) is 0 Å². The van der Waals surface area contributed by atoms with E-state index in [4.69, 9.17) is 22.1 Å². The zero-order chi connectivity index (χ0) is 24.2. The third-order valence-electron chi connectivity index (χ3n) is 6.31. The van der Waals surface area contributed by atoms with E-state index in [0.717, 1.165) is 53.9 Å². The second-order valence-electron chi connectivity index (χ2n) is 8.68. The van der Waals surface area contributed by atoms with E-state index in [-0.39, 0.29) is 11.9 Å². The van der Waals surface area contributed by atoms with E-state index in [0.29, 0.717) is 15.8 Å². The molecule has 2 aliphatic rings. The number of ether oxygens (including phenoxy) is 1. The molecule has 0 atom stereocenters. The smallest absolute Gasteiger partial charge is 0.266 e. The van der Waals surface area contributed by atoms with Crippen LogP contribution in [0.15, 0.2) is 78.4 Å². The van der Waals surface area contributed by atoms with Crippen LogP contribution in [0.5, 0.6) is 5.75 Å². The van der Waals surface area contributed by atoms with Crippen molar-refractivity contribution in [2.24, 2.45) is 0 Å². The molecule has 1 amide bonds. The maximum absolute atomic E-state index is 13.4. The van der Waals surface area contributed by atoms with Crippen molar-refractivity contribution >= 4 is 40.3 Å². The summed E-state index contributed by atoms with van der Waals surface area (Å²) in [6.45, 7) is 4.15. The molecule has 2 fully saturated rings. The minimum atomic E-state index is 0.0125. The van der Waals surface area contributed by atoms with Crippen molar-refractivity contribution in [3.8, 4) is 22.7 Å². The monoisotopic (exact) mass is 501 g/mol. The van der Waals surface area contributed by atoms with Gasteiger partial charge in [0, 0.05) is 23.4 Å². The van der Waals surface area contributed by atoms with E-state index in [1.807, 2.05) is 76.5 Å². The molecule has 0 radical (unpaired) electrons. The highest BCUT2D eigenvalue weighted by molar-refractivity contribution is 8.26. The second-order valence-corrected chi connectivity index (χ2v) is 10.4. The van der Waals surface area contributed by atoms with Crippen molar-refractivity contribution in [2.45, 2.75) is 38.1 Å². The minimum absolute atomic E-state index is 0.0125. The molecule has 35 heavy (non-hydrogen) atoms. The maximum atomic E-state index is 13.4. The van der Waals surface area contributed by atoms with Crippen LogP contribution in [0.3, 0.4) is 0 Å². The number of hydrogen-bond donors (Lipinski definition) is 0. The van der Waals surface area contributed by atoms with Gasteiger partial charge in [-0.2, -0.15) is 5.10 Å². The van der Waals surface area contributed by atoms with Gasteiger partial charge in [0.05, 0.1) is 16.3 Å². The molecule has 1 aliphatic carbocycles. The van der Waals surface area contributed by atoms with Crippen LogP contribution in [0.1, 0.15) is 37.7 Å². The fourth-order valence-electron chi connectivity index (χ4n) is 4.57. The molecule has 1 aliphatic heterocycles. The van der Waals surface area contributed by atoms with Crippen molar-refractivity contribution in [2.75, 3.05) is 6.61 Å². The quantitative estimate of drug-likeness (QED) is 0.206. The standard InChI is InChI=1S/C28H27N3O2S2/c1-2-17-33-24-15-13-20(14-16-24)26-21(19-30(29-26)22-9-5-3-6-10-22)18-25-27(32)31(28(34)35-25)23-11-7-4-8-12-23/h2-3,5-6,9-10,13-16,18-19,23H,1,4,7-8,11-12,17H2/b25-18-. The van der Waals surface area contributed by atoms with E-state index >= 15 is 0 Å². The van der Waals surface area contributed by atoms with Crippen molar-refractivity contribution in [3.63, 3.8) is 0 Å². The molecule has 2 heterocycles. The van der Waals surface area contributed by atoms with E-state index in [9.17, 15) is 4.79 Å². The number of para-hydroxylation sites is 1. The molecule has 0 spiro atoms. The summed E-state index contributed by atoms with van der Waals surface area (Å²) in [5, 5.41) is 4.89. The summed E-state index contributed by atoms with van der Waals surface area (Å²) in [7, 11) is 0. The fraction of sp³-hybridized carbons (Fsp3) is 0.250. The van der Waals surface area contributed by atoms with Crippen LogP contribution in [-0.2, 0) is 4.79 Å². The van der Waals surface area contributed by atoms with E-state index in [1.165, 1.54) is 18.2 Å². The Kier molecular flexibility index (Phi) is 7.16. The number of hydrogen-bond acceptors (Lipinski definition) is 5. The predicted octanol–water partition coefficient (Wildman–Crippen LogP) is 6.64. The Morgan fingerprint density at radius 3 is 2.54 bits per heavy atom. The largest absolute Gasteiger partial charge is 0.490 e. The van der Waals surface area contributed by atoms with E-state index < -0.39 is 0 Å². The minimum Gasteiger partial charge on any atom is -0.490 e. The number of rotatable bonds is 7. The Morgan fingerprint density at radius 1 is 1.09 bits per heavy atom. The van der Waals surface area contributed by atoms with Crippen molar-refractivity contribution in [1.82, 2.24) is 14.7 Å². The number of benzene rings is 2. The lowest BCUT2D eigenvalue weighted by Gasteiger charge is -2.29. The highest BCUT2D eigenvalue weighted by Crippen LogP contribution is 2.38. The Balaban J connectivity index is 1.50. The summed E-state index contributed by atoms with van der Waals surface area (Å²) in [5.41, 5.74) is 3.57. The van der Waals surface area contributed by atoms with Gasteiger partial charge in [0.15, 0.2) is 0 Å². The van der Waals surface area contributed by atoms with Gasteiger partial charge in [-0.3, -0.25) is 9.69 Å². The molecule has 7 heteroatoms. The van der Waals surface area contributed by atoms with Crippen LogP contribution in [0.25, 0.3) is 23.0 Å². The summed E-state index contributed by atoms with van der Waals surface area (Å²) >= 11 is 7.03. The SMILES string of the molecule is C=CCOc1ccc(-c2nn(-c3ccccc3)cc2/C=C2\SC(=S)N(C3CCCCC3)C2=O)cc1. The molecule has 0 unspecified atom stereocenters. The first-order valence-electron chi connectivity index (χ1n) is 11.9. The first-order chi connectivity index (χ1) is 17.1. The highest BCUT2D eigenvalue weighted by Gasteiger charge is 2.37. The molecule has 178 valence electrons. The molecule has 5 rings (SSSR count). The lowest BCUT2D eigenvalue weighted by Crippen LogP contribution is -2.39. The van der Waals surface area contributed by atoms with Gasteiger partial charge in [-0.1, -0.05) is 74.1 Å². The van der Waals surface area contributed by atoms with Crippen LogP contribution >= 0.6 is 24.0 Å². The Hall–Kier alpha value is -3.16. The van der Waals surface area contributed by atoms with Gasteiger partial charge < -0.3 is 4.74 Å². The molecule has 3 aromatic rings. The maximum Gasteiger partial charge on any atom is 0.266 e. The number of amides is 1. The fourth-order valence-corrected chi connectivity index (χ4v) is 5.96. The zero-order valence-electron chi connectivity index (χ0n) is 19.4. The first-order valence-corrected chi connectivity index (χ1v) is 13.1. The predicted molar refractivity (Wildman–Crippen MR) is 147 cm³/mol. The molecule has 5 nitrogen and oxygen atoms in total. The summed E-state index contributed by atoms with van der Waals surface area (Å²) < 4.78 is 8.14. The van der Waals surface area contributed by atoms with Crippen LogP contribution in [-0.4, -0.2) is 37.6 Å². The summed E-state index contributed by atoms with van der Waals surface area (Å²) in [6.07, 6.45) is 11.2. The molecular weight excluding hydrogens is 474 g/mol. The van der Waals surface area contributed by atoms with Crippen molar-refractivity contribution in [1.29, 1.82) is 0 Å². The van der Waals surface area contributed by atoms with Crippen LogP contribution < -0.4 is 4.74 Å². The third-order valence-corrected chi connectivity index (χ3v) is 7.64. The van der Waals surface area contributed by atoms with Gasteiger partial charge in [0.25, 0.3) is 5.91 Å². The van der Waals surface area contributed by atoms with Crippen LogP contribution in [0.2, 0.25) is 0 Å². The van der Waals surface area contributed by atoms with Gasteiger partial charge in [-0.15, -0.1) is 0 Å². The number of aromatic nitrogens is 2. The molecule has 1 saturated heterocycles. The van der Waals surface area contributed by atoms with Crippen LogP contribution in [0, 0.1) is 0 Å². The normalized spacial score (nSPS) is 17.8. The number of thioether (sulfide) groups is 1. The topological polar surface area (TPSA) is 47.4 Å². The lowest BCUT2D eigenvalue weighted by molar-refractivity contribution is -0.124. The Bertz CT molecular complexity index is 1260.